The van der Waals surface area contributed by atoms with Crippen molar-refractivity contribution in [3.05, 3.63) is 29.8 Å². The number of carbonyl (C=O) groups is 4. The van der Waals surface area contributed by atoms with Crippen molar-refractivity contribution in [3.8, 4) is 5.75 Å². The van der Waals surface area contributed by atoms with E-state index in [0.29, 0.717) is 5.56 Å². The van der Waals surface area contributed by atoms with E-state index in [2.05, 4.69) is 16.0 Å². The fourth-order valence-corrected chi connectivity index (χ4v) is 2.22. The number of phenolic OH excluding ortho intramolecular Hbond substituents is 1. The summed E-state index contributed by atoms with van der Waals surface area (Å²) in [6, 6.07) is 1.27. The molecule has 4 unspecified atom stereocenters. The predicted molar refractivity (Wildman–Crippen MR) is 102 cm³/mol. The van der Waals surface area contributed by atoms with E-state index in [-0.39, 0.29) is 12.2 Å². The predicted octanol–water partition coefficient (Wildman–Crippen LogP) is -2.17. The van der Waals surface area contributed by atoms with Crippen LogP contribution in [0.5, 0.6) is 5.75 Å². The van der Waals surface area contributed by atoms with E-state index in [1.54, 1.807) is 12.1 Å². The van der Waals surface area contributed by atoms with Gasteiger partial charge in [-0.25, -0.2) is 0 Å². The van der Waals surface area contributed by atoms with Crippen molar-refractivity contribution < 1.29 is 34.5 Å². The summed E-state index contributed by atoms with van der Waals surface area (Å²) >= 11 is 0. The molecule has 0 heterocycles. The van der Waals surface area contributed by atoms with Gasteiger partial charge in [-0.3, -0.25) is 19.2 Å². The molecule has 0 aliphatic carbocycles. The number of rotatable bonds is 10. The van der Waals surface area contributed by atoms with Gasteiger partial charge in [-0.2, -0.15) is 0 Å². The van der Waals surface area contributed by atoms with Crippen LogP contribution in [0.4, 0.5) is 0 Å². The first-order valence-electron chi connectivity index (χ1n) is 8.83. The maximum absolute atomic E-state index is 12.6. The Morgan fingerprint density at radius 3 is 1.93 bits per heavy atom. The van der Waals surface area contributed by atoms with E-state index in [4.69, 9.17) is 10.8 Å². The van der Waals surface area contributed by atoms with Gasteiger partial charge in [-0.15, -0.1) is 0 Å². The average Bonchev–Trinajstić information content (AvgIpc) is 2.66. The van der Waals surface area contributed by atoms with E-state index >= 15 is 0 Å². The molecule has 0 saturated heterocycles. The summed E-state index contributed by atoms with van der Waals surface area (Å²) in [7, 11) is 0. The molecule has 0 radical (unpaired) electrons. The molecular formula is C18H26N4O7. The maximum atomic E-state index is 12.6. The number of nitrogens with two attached hydrogens (primary N) is 1. The number of hydrogen-bond acceptors (Lipinski definition) is 7. The minimum Gasteiger partial charge on any atom is -0.508 e. The van der Waals surface area contributed by atoms with Crippen LogP contribution in [0.3, 0.4) is 0 Å². The number of aliphatic hydroxyl groups excluding tert-OH is 1. The van der Waals surface area contributed by atoms with Crippen molar-refractivity contribution in [2.75, 3.05) is 6.61 Å². The Morgan fingerprint density at radius 2 is 1.45 bits per heavy atom. The fourth-order valence-electron chi connectivity index (χ4n) is 2.22. The van der Waals surface area contributed by atoms with Gasteiger partial charge in [-0.1, -0.05) is 12.1 Å². The van der Waals surface area contributed by atoms with Gasteiger partial charge in [0.15, 0.2) is 0 Å². The maximum Gasteiger partial charge on any atom is 0.325 e. The number of carbonyl (C=O) groups excluding carboxylic acids is 3. The smallest absolute Gasteiger partial charge is 0.325 e. The summed E-state index contributed by atoms with van der Waals surface area (Å²) < 4.78 is 0. The van der Waals surface area contributed by atoms with Gasteiger partial charge in [0, 0.05) is 6.42 Å². The molecule has 29 heavy (non-hydrogen) atoms. The van der Waals surface area contributed by atoms with Crippen LogP contribution in [0.25, 0.3) is 0 Å². The molecule has 11 heteroatoms. The van der Waals surface area contributed by atoms with Gasteiger partial charge in [0.1, 0.15) is 23.9 Å². The summed E-state index contributed by atoms with van der Waals surface area (Å²) in [4.78, 5) is 47.5. The SMILES string of the molecule is CC(N)C(=O)NC(Cc1ccc(O)cc1)C(=O)NC(CO)C(=O)NC(C)C(=O)O. The van der Waals surface area contributed by atoms with Gasteiger partial charge in [-0.05, 0) is 31.5 Å². The van der Waals surface area contributed by atoms with Crippen LogP contribution in [-0.2, 0) is 25.6 Å². The van der Waals surface area contributed by atoms with Gasteiger partial charge in [0.25, 0.3) is 0 Å². The fraction of sp³-hybridized carbons (Fsp3) is 0.444. The molecule has 0 fully saturated rings. The Bertz CT molecular complexity index is 736. The minimum absolute atomic E-state index is 0.0237. The molecule has 0 aliphatic heterocycles. The van der Waals surface area contributed by atoms with E-state index in [1.165, 1.54) is 26.0 Å². The van der Waals surface area contributed by atoms with Gasteiger partial charge in [0.2, 0.25) is 17.7 Å². The van der Waals surface area contributed by atoms with Crippen LogP contribution in [0.15, 0.2) is 24.3 Å². The van der Waals surface area contributed by atoms with E-state index in [1.807, 2.05) is 0 Å². The van der Waals surface area contributed by atoms with E-state index in [0.717, 1.165) is 0 Å². The lowest BCUT2D eigenvalue weighted by atomic mass is 10.0. The quantitative estimate of drug-likeness (QED) is 0.227. The number of aromatic hydroxyl groups is 1. The number of amides is 3. The molecule has 0 bridgehead atoms. The van der Waals surface area contributed by atoms with Crippen LogP contribution in [-0.4, -0.2) is 69.8 Å². The molecule has 0 saturated carbocycles. The van der Waals surface area contributed by atoms with Crippen LogP contribution < -0.4 is 21.7 Å². The Labute approximate surface area is 167 Å². The summed E-state index contributed by atoms with van der Waals surface area (Å²) in [6.07, 6.45) is 0.0237. The number of aliphatic hydroxyl groups is 1. The average molecular weight is 410 g/mol. The third-order valence-corrected chi connectivity index (χ3v) is 3.97. The molecule has 0 aliphatic rings. The van der Waals surface area contributed by atoms with Crippen LogP contribution in [0.1, 0.15) is 19.4 Å². The zero-order valence-corrected chi connectivity index (χ0v) is 16.1. The van der Waals surface area contributed by atoms with E-state index in [9.17, 15) is 29.4 Å². The first-order valence-corrected chi connectivity index (χ1v) is 8.83. The van der Waals surface area contributed by atoms with Crippen molar-refractivity contribution in [1.82, 2.24) is 16.0 Å². The molecule has 4 atom stereocenters. The van der Waals surface area contributed by atoms with Crippen molar-refractivity contribution in [1.29, 1.82) is 0 Å². The summed E-state index contributed by atoms with van der Waals surface area (Å²) in [6.45, 7) is 1.88. The Hall–Kier alpha value is -3.18. The standard InChI is InChI=1S/C18H26N4O7/c1-9(19)15(25)21-13(7-11-3-5-12(24)6-4-11)16(26)22-14(8-23)17(27)20-10(2)18(28)29/h3-6,9-10,13-14,23-24H,7-8,19H2,1-2H3,(H,20,27)(H,21,25)(H,22,26)(H,28,29). The van der Waals surface area contributed by atoms with Gasteiger partial charge in [0.05, 0.1) is 12.6 Å². The second-order valence-corrected chi connectivity index (χ2v) is 6.53. The second-order valence-electron chi connectivity index (χ2n) is 6.53. The molecule has 0 aromatic heterocycles. The van der Waals surface area contributed by atoms with Crippen LogP contribution in [0, 0.1) is 0 Å². The highest BCUT2D eigenvalue weighted by molar-refractivity contribution is 5.94. The number of phenols is 1. The minimum atomic E-state index is -1.42. The highest BCUT2D eigenvalue weighted by Crippen LogP contribution is 2.11. The normalized spacial score (nSPS) is 14.8. The molecule has 1 rings (SSSR count). The number of aliphatic carboxylic acids is 1. The van der Waals surface area contributed by atoms with Crippen LogP contribution in [0.2, 0.25) is 0 Å². The zero-order valence-electron chi connectivity index (χ0n) is 16.1. The largest absolute Gasteiger partial charge is 0.508 e. The molecule has 0 spiro atoms. The lowest BCUT2D eigenvalue weighted by Crippen LogP contribution is -2.58. The third kappa shape index (κ3) is 7.76. The Kier molecular flexibility index (Phi) is 9.03. The van der Waals surface area contributed by atoms with Crippen molar-refractivity contribution >= 4 is 23.7 Å². The monoisotopic (exact) mass is 410 g/mol. The first-order chi connectivity index (χ1) is 13.5. The molecule has 160 valence electrons. The number of benzene rings is 1. The Balaban J connectivity index is 2.92. The zero-order chi connectivity index (χ0) is 22.1. The first kappa shape index (κ1) is 23.9. The molecule has 1 aromatic rings. The van der Waals surface area contributed by atoms with E-state index < -0.39 is 54.5 Å². The molecule has 11 nitrogen and oxygen atoms in total. The lowest BCUT2D eigenvalue weighted by Gasteiger charge is -2.23. The van der Waals surface area contributed by atoms with Crippen LogP contribution >= 0.6 is 0 Å². The summed E-state index contributed by atoms with van der Waals surface area (Å²) in [5.41, 5.74) is 6.13. The number of carboxylic acid groups (broad SMARTS) is 1. The molecular weight excluding hydrogens is 384 g/mol. The summed E-state index contributed by atoms with van der Waals surface area (Å²) in [5.74, 6) is -3.52. The van der Waals surface area contributed by atoms with Gasteiger partial charge < -0.3 is 37.0 Å². The van der Waals surface area contributed by atoms with Gasteiger partial charge >= 0.3 is 5.97 Å². The van der Waals surface area contributed by atoms with Crippen molar-refractivity contribution in [3.63, 3.8) is 0 Å². The lowest BCUT2D eigenvalue weighted by molar-refractivity contribution is -0.142. The molecule has 3 amide bonds. The second kappa shape index (κ2) is 11.0. The highest BCUT2D eigenvalue weighted by Gasteiger charge is 2.28. The number of carboxylic acids is 1. The highest BCUT2D eigenvalue weighted by atomic mass is 16.4. The third-order valence-electron chi connectivity index (χ3n) is 3.97. The van der Waals surface area contributed by atoms with Crippen molar-refractivity contribution in [2.45, 2.75) is 44.4 Å². The molecule has 1 aromatic carbocycles. The number of hydrogen-bond donors (Lipinski definition) is 7. The Morgan fingerprint density at radius 1 is 0.931 bits per heavy atom. The topological polar surface area (TPSA) is 191 Å². The summed E-state index contributed by atoms with van der Waals surface area (Å²) in [5, 5.41) is 34.5. The van der Waals surface area contributed by atoms with Crippen molar-refractivity contribution in [2.24, 2.45) is 5.73 Å². The molecule has 8 N–H and O–H groups in total. The number of nitrogens with one attached hydrogen (secondary N) is 3.